The fourth-order valence-electron chi connectivity index (χ4n) is 1.56. The van der Waals surface area contributed by atoms with Crippen molar-refractivity contribution in [2.75, 3.05) is 6.61 Å². The summed E-state index contributed by atoms with van der Waals surface area (Å²) in [7, 11) is -1.53. The molecule has 5 heteroatoms. The molecule has 2 N–H and O–H groups in total. The zero-order chi connectivity index (χ0) is 10.1. The van der Waals surface area contributed by atoms with Gasteiger partial charge in [0.15, 0.2) is 0 Å². The number of rotatable bonds is 1. The SMILES string of the molecule is N#Cc1cc(B(O)O)cc2c1OCC2. The lowest BCUT2D eigenvalue weighted by Gasteiger charge is -2.05. The third-order valence-corrected chi connectivity index (χ3v) is 2.22. The van der Waals surface area contributed by atoms with Crippen LogP contribution in [0.4, 0.5) is 0 Å². The summed E-state index contributed by atoms with van der Waals surface area (Å²) in [4.78, 5) is 0. The first-order valence-electron chi connectivity index (χ1n) is 4.28. The van der Waals surface area contributed by atoms with Crippen molar-refractivity contribution in [3.8, 4) is 11.8 Å². The van der Waals surface area contributed by atoms with E-state index in [9.17, 15) is 0 Å². The molecule has 0 radical (unpaired) electrons. The highest BCUT2D eigenvalue weighted by atomic mass is 16.5. The Labute approximate surface area is 81.5 Å². The maximum Gasteiger partial charge on any atom is 0.488 e. The average molecular weight is 189 g/mol. The molecular formula is C9H8BNO3. The molecule has 0 atom stereocenters. The van der Waals surface area contributed by atoms with Crippen LogP contribution in [0, 0.1) is 11.3 Å². The van der Waals surface area contributed by atoms with Crippen LogP contribution in [0.1, 0.15) is 11.1 Å². The third kappa shape index (κ3) is 1.35. The van der Waals surface area contributed by atoms with Gasteiger partial charge in [-0.2, -0.15) is 5.26 Å². The van der Waals surface area contributed by atoms with Crippen LogP contribution in [0.15, 0.2) is 12.1 Å². The first-order valence-corrected chi connectivity index (χ1v) is 4.28. The molecule has 0 spiro atoms. The largest absolute Gasteiger partial charge is 0.492 e. The van der Waals surface area contributed by atoms with Gasteiger partial charge in [0.05, 0.1) is 12.2 Å². The summed E-state index contributed by atoms with van der Waals surface area (Å²) < 4.78 is 5.27. The summed E-state index contributed by atoms with van der Waals surface area (Å²) in [6.45, 7) is 0.551. The Morgan fingerprint density at radius 3 is 2.86 bits per heavy atom. The van der Waals surface area contributed by atoms with Crippen molar-refractivity contribution in [1.29, 1.82) is 5.26 Å². The zero-order valence-electron chi connectivity index (χ0n) is 7.40. The second-order valence-corrected chi connectivity index (χ2v) is 3.14. The maximum absolute atomic E-state index is 8.98. The monoisotopic (exact) mass is 189 g/mol. The standard InChI is InChI=1S/C9H8BNO3/c11-5-7-4-8(10(12)13)3-6-1-2-14-9(6)7/h3-4,12-13H,1-2H2. The van der Waals surface area contributed by atoms with Gasteiger partial charge < -0.3 is 14.8 Å². The van der Waals surface area contributed by atoms with Crippen LogP contribution in [0.2, 0.25) is 0 Å². The number of hydrogen-bond acceptors (Lipinski definition) is 4. The number of benzene rings is 1. The molecule has 0 amide bonds. The summed E-state index contributed by atoms with van der Waals surface area (Å²) in [5.41, 5.74) is 1.57. The summed E-state index contributed by atoms with van der Waals surface area (Å²) in [5, 5.41) is 26.8. The molecule has 0 aromatic heterocycles. The molecule has 1 heterocycles. The van der Waals surface area contributed by atoms with E-state index >= 15 is 0 Å². The number of hydrogen-bond donors (Lipinski definition) is 2. The highest BCUT2D eigenvalue weighted by molar-refractivity contribution is 6.58. The lowest BCUT2D eigenvalue weighted by Crippen LogP contribution is -2.30. The molecule has 0 saturated heterocycles. The lowest BCUT2D eigenvalue weighted by atomic mass is 9.78. The number of nitrogens with zero attached hydrogens (tertiary/aromatic N) is 1. The molecule has 14 heavy (non-hydrogen) atoms. The minimum atomic E-state index is -1.53. The van der Waals surface area contributed by atoms with Crippen LogP contribution >= 0.6 is 0 Å². The zero-order valence-corrected chi connectivity index (χ0v) is 7.40. The topological polar surface area (TPSA) is 73.5 Å². The molecule has 4 nitrogen and oxygen atoms in total. The number of ether oxygens (including phenoxy) is 1. The van der Waals surface area contributed by atoms with Crippen molar-refractivity contribution in [3.63, 3.8) is 0 Å². The Morgan fingerprint density at radius 2 is 2.21 bits per heavy atom. The second kappa shape index (κ2) is 3.33. The van der Waals surface area contributed by atoms with Crippen LogP contribution in [0.5, 0.6) is 5.75 Å². The van der Waals surface area contributed by atoms with Crippen molar-refractivity contribution in [3.05, 3.63) is 23.3 Å². The van der Waals surface area contributed by atoms with E-state index in [4.69, 9.17) is 20.0 Å². The van der Waals surface area contributed by atoms with E-state index in [1.54, 1.807) is 6.07 Å². The van der Waals surface area contributed by atoms with Crippen LogP contribution < -0.4 is 10.2 Å². The van der Waals surface area contributed by atoms with E-state index < -0.39 is 7.12 Å². The molecule has 0 fully saturated rings. The molecule has 1 aromatic carbocycles. The highest BCUT2D eigenvalue weighted by Crippen LogP contribution is 2.27. The van der Waals surface area contributed by atoms with Crippen molar-refractivity contribution >= 4 is 12.6 Å². The van der Waals surface area contributed by atoms with Crippen molar-refractivity contribution in [2.45, 2.75) is 6.42 Å². The molecule has 70 valence electrons. The van der Waals surface area contributed by atoms with Gasteiger partial charge in [-0.25, -0.2) is 0 Å². The van der Waals surface area contributed by atoms with E-state index in [-0.39, 0.29) is 0 Å². The van der Waals surface area contributed by atoms with Gasteiger partial charge >= 0.3 is 7.12 Å². The summed E-state index contributed by atoms with van der Waals surface area (Å²) in [5.74, 6) is 0.580. The molecule has 1 aliphatic rings. The summed E-state index contributed by atoms with van der Waals surface area (Å²) in [6, 6.07) is 5.08. The van der Waals surface area contributed by atoms with E-state index in [2.05, 4.69) is 0 Å². The Kier molecular flexibility index (Phi) is 2.16. The first kappa shape index (κ1) is 9.07. The molecule has 0 saturated carbocycles. The second-order valence-electron chi connectivity index (χ2n) is 3.14. The Morgan fingerprint density at radius 1 is 1.43 bits per heavy atom. The molecule has 0 aliphatic carbocycles. The van der Waals surface area contributed by atoms with Crippen LogP contribution in [-0.4, -0.2) is 23.8 Å². The summed E-state index contributed by atoms with van der Waals surface area (Å²) in [6.07, 6.45) is 0.713. The molecule has 2 rings (SSSR count). The average Bonchev–Trinajstić information content (AvgIpc) is 2.63. The van der Waals surface area contributed by atoms with Gasteiger partial charge in [-0.15, -0.1) is 0 Å². The number of nitriles is 1. The Bertz CT molecular complexity index is 411. The first-order chi connectivity index (χ1) is 6.72. The smallest absolute Gasteiger partial charge is 0.488 e. The number of fused-ring (bicyclic) bond motifs is 1. The predicted molar refractivity (Wildman–Crippen MR) is 50.2 cm³/mol. The molecule has 0 unspecified atom stereocenters. The maximum atomic E-state index is 8.98. The third-order valence-electron chi connectivity index (χ3n) is 2.22. The minimum Gasteiger partial charge on any atom is -0.492 e. The van der Waals surface area contributed by atoms with Crippen LogP contribution in [0.3, 0.4) is 0 Å². The van der Waals surface area contributed by atoms with Gasteiger partial charge in [0, 0.05) is 6.42 Å². The fourth-order valence-corrected chi connectivity index (χ4v) is 1.56. The van der Waals surface area contributed by atoms with E-state index in [0.29, 0.717) is 29.8 Å². The Hall–Kier alpha value is -1.51. The van der Waals surface area contributed by atoms with Crippen LogP contribution in [-0.2, 0) is 6.42 Å². The van der Waals surface area contributed by atoms with Crippen molar-refractivity contribution < 1.29 is 14.8 Å². The van der Waals surface area contributed by atoms with E-state index in [1.165, 1.54) is 6.07 Å². The fraction of sp³-hybridized carbons (Fsp3) is 0.222. The van der Waals surface area contributed by atoms with Crippen molar-refractivity contribution in [2.24, 2.45) is 0 Å². The normalized spacial score (nSPS) is 12.9. The molecule has 0 bridgehead atoms. The minimum absolute atomic E-state index is 0.339. The Balaban J connectivity index is 2.56. The quantitative estimate of drug-likeness (QED) is 0.565. The van der Waals surface area contributed by atoms with Crippen LogP contribution in [0.25, 0.3) is 0 Å². The lowest BCUT2D eigenvalue weighted by molar-refractivity contribution is 0.356. The molecule has 1 aromatic rings. The van der Waals surface area contributed by atoms with Gasteiger partial charge in [0.1, 0.15) is 11.8 Å². The van der Waals surface area contributed by atoms with Gasteiger partial charge in [-0.1, -0.05) is 6.07 Å². The van der Waals surface area contributed by atoms with Gasteiger partial charge in [0.25, 0.3) is 0 Å². The van der Waals surface area contributed by atoms with E-state index in [0.717, 1.165) is 5.56 Å². The van der Waals surface area contributed by atoms with Gasteiger partial charge in [0.2, 0.25) is 0 Å². The molecule has 1 aliphatic heterocycles. The highest BCUT2D eigenvalue weighted by Gasteiger charge is 2.21. The summed E-state index contributed by atoms with van der Waals surface area (Å²) >= 11 is 0. The molecular weight excluding hydrogens is 181 g/mol. The van der Waals surface area contributed by atoms with Gasteiger partial charge in [-0.05, 0) is 17.1 Å². The van der Waals surface area contributed by atoms with Crippen molar-refractivity contribution in [1.82, 2.24) is 0 Å². The van der Waals surface area contributed by atoms with E-state index in [1.807, 2.05) is 6.07 Å². The predicted octanol–water partition coefficient (Wildman–Crippen LogP) is -0.827. The van der Waals surface area contributed by atoms with Gasteiger partial charge in [-0.3, -0.25) is 0 Å².